The van der Waals surface area contributed by atoms with Crippen molar-refractivity contribution in [1.82, 2.24) is 5.32 Å². The van der Waals surface area contributed by atoms with Gasteiger partial charge >= 0.3 is 0 Å². The lowest BCUT2D eigenvalue weighted by atomic mass is 9.90. The molecule has 0 bridgehead atoms. The number of anilines is 1. The van der Waals surface area contributed by atoms with E-state index < -0.39 is 0 Å². The fourth-order valence-corrected chi connectivity index (χ4v) is 3.25. The Morgan fingerprint density at radius 2 is 1.56 bits per heavy atom. The van der Waals surface area contributed by atoms with E-state index in [1.54, 1.807) is 0 Å². The standard InChI is InChI=1S/C16H26N2/c1-12-8-7-9-14(13(12)2)18-10-15(3,4)17-16(5,6)11-18/h7-9,17H,10-11H2,1-6H3. The van der Waals surface area contributed by atoms with Crippen molar-refractivity contribution in [2.24, 2.45) is 0 Å². The lowest BCUT2D eigenvalue weighted by Crippen LogP contribution is -2.67. The summed E-state index contributed by atoms with van der Waals surface area (Å²) in [5.41, 5.74) is 4.47. The fourth-order valence-electron chi connectivity index (χ4n) is 3.25. The maximum absolute atomic E-state index is 3.72. The van der Waals surface area contributed by atoms with Gasteiger partial charge in [-0.05, 0) is 58.7 Å². The molecule has 2 nitrogen and oxygen atoms in total. The zero-order valence-corrected chi connectivity index (χ0v) is 12.6. The lowest BCUT2D eigenvalue weighted by molar-refractivity contribution is 0.226. The molecule has 100 valence electrons. The Balaban J connectivity index is 2.36. The first-order valence-electron chi connectivity index (χ1n) is 6.81. The van der Waals surface area contributed by atoms with Gasteiger partial charge in [0.2, 0.25) is 0 Å². The third-order valence-electron chi connectivity index (χ3n) is 3.77. The van der Waals surface area contributed by atoms with E-state index in [9.17, 15) is 0 Å². The smallest absolute Gasteiger partial charge is 0.0399 e. The molecule has 18 heavy (non-hydrogen) atoms. The van der Waals surface area contributed by atoms with Gasteiger partial charge in [0.15, 0.2) is 0 Å². The molecule has 0 atom stereocenters. The summed E-state index contributed by atoms with van der Waals surface area (Å²) in [7, 11) is 0. The molecule has 0 unspecified atom stereocenters. The average molecular weight is 246 g/mol. The molecule has 0 saturated carbocycles. The molecule has 1 aromatic rings. The average Bonchev–Trinajstić information content (AvgIpc) is 2.17. The van der Waals surface area contributed by atoms with Gasteiger partial charge in [-0.2, -0.15) is 0 Å². The minimum absolute atomic E-state index is 0.151. The van der Waals surface area contributed by atoms with Gasteiger partial charge in [-0.3, -0.25) is 0 Å². The Morgan fingerprint density at radius 3 is 2.11 bits per heavy atom. The molecule has 1 N–H and O–H groups in total. The van der Waals surface area contributed by atoms with Crippen LogP contribution in [0.2, 0.25) is 0 Å². The van der Waals surface area contributed by atoms with Gasteiger partial charge in [0.1, 0.15) is 0 Å². The van der Waals surface area contributed by atoms with Crippen LogP contribution < -0.4 is 10.2 Å². The maximum atomic E-state index is 3.72. The molecule has 0 aromatic heterocycles. The molecule has 0 radical (unpaired) electrons. The minimum atomic E-state index is 0.151. The van der Waals surface area contributed by atoms with Crippen LogP contribution in [0.5, 0.6) is 0 Å². The van der Waals surface area contributed by atoms with Gasteiger partial charge in [-0.25, -0.2) is 0 Å². The summed E-state index contributed by atoms with van der Waals surface area (Å²) in [4.78, 5) is 2.53. The summed E-state index contributed by atoms with van der Waals surface area (Å²) in [6.45, 7) is 15.7. The van der Waals surface area contributed by atoms with E-state index in [0.29, 0.717) is 0 Å². The van der Waals surface area contributed by atoms with E-state index in [1.165, 1.54) is 16.8 Å². The number of hydrogen-bond acceptors (Lipinski definition) is 2. The molecule has 1 aliphatic rings. The largest absolute Gasteiger partial charge is 0.368 e. The molecular formula is C16H26N2. The minimum Gasteiger partial charge on any atom is -0.368 e. The van der Waals surface area contributed by atoms with Gasteiger partial charge in [-0.15, -0.1) is 0 Å². The summed E-state index contributed by atoms with van der Waals surface area (Å²) < 4.78 is 0. The summed E-state index contributed by atoms with van der Waals surface area (Å²) in [6.07, 6.45) is 0. The first-order chi connectivity index (χ1) is 8.20. The van der Waals surface area contributed by atoms with Crippen LogP contribution in [0.25, 0.3) is 0 Å². The van der Waals surface area contributed by atoms with Crippen molar-refractivity contribution in [1.29, 1.82) is 0 Å². The van der Waals surface area contributed by atoms with E-state index in [-0.39, 0.29) is 11.1 Å². The zero-order chi connectivity index (χ0) is 13.6. The van der Waals surface area contributed by atoms with Crippen molar-refractivity contribution in [3.05, 3.63) is 29.3 Å². The second-order valence-corrected chi connectivity index (χ2v) is 6.97. The van der Waals surface area contributed by atoms with Crippen molar-refractivity contribution in [2.75, 3.05) is 18.0 Å². The molecule has 0 aliphatic carbocycles. The van der Waals surface area contributed by atoms with Gasteiger partial charge < -0.3 is 10.2 Å². The topological polar surface area (TPSA) is 15.3 Å². The van der Waals surface area contributed by atoms with Gasteiger partial charge in [0, 0.05) is 29.9 Å². The predicted molar refractivity (Wildman–Crippen MR) is 79.4 cm³/mol. The normalized spacial score (nSPS) is 22.0. The summed E-state index contributed by atoms with van der Waals surface area (Å²) in [6, 6.07) is 6.61. The van der Waals surface area contributed by atoms with Crippen molar-refractivity contribution < 1.29 is 0 Å². The molecule has 1 saturated heterocycles. The van der Waals surface area contributed by atoms with Crippen LogP contribution in [0.3, 0.4) is 0 Å². The quantitative estimate of drug-likeness (QED) is 0.818. The molecule has 2 rings (SSSR count). The van der Waals surface area contributed by atoms with Crippen LogP contribution in [0.1, 0.15) is 38.8 Å². The van der Waals surface area contributed by atoms with Crippen LogP contribution in [0.15, 0.2) is 18.2 Å². The Kier molecular flexibility index (Phi) is 3.18. The number of nitrogens with one attached hydrogen (secondary N) is 1. The molecule has 1 fully saturated rings. The highest BCUT2D eigenvalue weighted by Crippen LogP contribution is 2.29. The first kappa shape index (κ1) is 13.4. The number of benzene rings is 1. The van der Waals surface area contributed by atoms with Crippen LogP contribution in [-0.2, 0) is 0 Å². The molecule has 1 heterocycles. The summed E-state index contributed by atoms with van der Waals surface area (Å²) in [5.74, 6) is 0. The van der Waals surface area contributed by atoms with E-state index >= 15 is 0 Å². The van der Waals surface area contributed by atoms with Crippen molar-refractivity contribution in [3.8, 4) is 0 Å². The summed E-state index contributed by atoms with van der Waals surface area (Å²) in [5, 5.41) is 3.72. The lowest BCUT2D eigenvalue weighted by Gasteiger charge is -2.49. The monoisotopic (exact) mass is 246 g/mol. The van der Waals surface area contributed by atoms with Gasteiger partial charge in [-0.1, -0.05) is 12.1 Å². The Bertz CT molecular complexity index is 430. The number of aryl methyl sites for hydroxylation is 1. The number of rotatable bonds is 1. The van der Waals surface area contributed by atoms with E-state index in [4.69, 9.17) is 0 Å². The molecule has 1 aromatic carbocycles. The van der Waals surface area contributed by atoms with Crippen molar-refractivity contribution in [2.45, 2.75) is 52.6 Å². The molecule has 0 amide bonds. The van der Waals surface area contributed by atoms with Crippen LogP contribution in [0.4, 0.5) is 5.69 Å². The van der Waals surface area contributed by atoms with E-state index in [2.05, 4.69) is 70.0 Å². The molecular weight excluding hydrogens is 220 g/mol. The third kappa shape index (κ3) is 2.69. The number of piperazine rings is 1. The Morgan fingerprint density at radius 1 is 1.00 bits per heavy atom. The highest BCUT2D eigenvalue weighted by atomic mass is 15.3. The Hall–Kier alpha value is -1.02. The summed E-state index contributed by atoms with van der Waals surface area (Å²) >= 11 is 0. The first-order valence-corrected chi connectivity index (χ1v) is 6.81. The van der Waals surface area contributed by atoms with Gasteiger partial charge in [0.05, 0.1) is 0 Å². The molecule has 2 heteroatoms. The molecule has 1 aliphatic heterocycles. The number of hydrogen-bond donors (Lipinski definition) is 1. The van der Waals surface area contributed by atoms with Crippen LogP contribution in [-0.4, -0.2) is 24.2 Å². The predicted octanol–water partition coefficient (Wildman–Crippen LogP) is 3.27. The second-order valence-electron chi connectivity index (χ2n) is 6.97. The van der Waals surface area contributed by atoms with Crippen molar-refractivity contribution in [3.63, 3.8) is 0 Å². The van der Waals surface area contributed by atoms with E-state index in [0.717, 1.165) is 13.1 Å². The fraction of sp³-hybridized carbons (Fsp3) is 0.625. The SMILES string of the molecule is Cc1cccc(N2CC(C)(C)NC(C)(C)C2)c1C. The maximum Gasteiger partial charge on any atom is 0.0399 e. The number of nitrogens with zero attached hydrogens (tertiary/aromatic N) is 1. The van der Waals surface area contributed by atoms with E-state index in [1.807, 2.05) is 0 Å². The Labute approximate surface area is 111 Å². The van der Waals surface area contributed by atoms with Crippen molar-refractivity contribution >= 4 is 5.69 Å². The molecule has 0 spiro atoms. The highest BCUT2D eigenvalue weighted by Gasteiger charge is 2.36. The highest BCUT2D eigenvalue weighted by molar-refractivity contribution is 5.57. The zero-order valence-electron chi connectivity index (χ0n) is 12.6. The van der Waals surface area contributed by atoms with Crippen LogP contribution >= 0.6 is 0 Å². The third-order valence-corrected chi connectivity index (χ3v) is 3.77. The van der Waals surface area contributed by atoms with Crippen LogP contribution in [0, 0.1) is 13.8 Å². The van der Waals surface area contributed by atoms with Gasteiger partial charge in [0.25, 0.3) is 0 Å². The second kappa shape index (κ2) is 4.27.